The van der Waals surface area contributed by atoms with Crippen LogP contribution in [0.1, 0.15) is 18.1 Å². The largest absolute Gasteiger partial charge is 0.490 e. The third-order valence-corrected chi connectivity index (χ3v) is 3.25. The van der Waals surface area contributed by atoms with Crippen molar-refractivity contribution >= 4 is 11.6 Å². The van der Waals surface area contributed by atoms with E-state index in [2.05, 4.69) is 0 Å². The first-order valence-electron chi connectivity index (χ1n) is 6.56. The van der Waals surface area contributed by atoms with E-state index in [0.29, 0.717) is 36.3 Å². The van der Waals surface area contributed by atoms with Crippen LogP contribution in [0.2, 0.25) is 5.02 Å². The van der Waals surface area contributed by atoms with Gasteiger partial charge in [-0.2, -0.15) is 0 Å². The number of rotatable bonds is 6. The van der Waals surface area contributed by atoms with Crippen molar-refractivity contribution in [1.29, 1.82) is 0 Å². The van der Waals surface area contributed by atoms with Crippen LogP contribution in [-0.2, 0) is 13.2 Å². The highest BCUT2D eigenvalue weighted by molar-refractivity contribution is 6.31. The fourth-order valence-corrected chi connectivity index (χ4v) is 2.03. The first-order chi connectivity index (χ1) is 9.74. The van der Waals surface area contributed by atoms with Crippen molar-refractivity contribution in [2.75, 3.05) is 6.61 Å². The molecule has 0 aliphatic rings. The summed E-state index contributed by atoms with van der Waals surface area (Å²) in [6.07, 6.45) is 0. The van der Waals surface area contributed by atoms with E-state index in [-0.39, 0.29) is 0 Å². The van der Waals surface area contributed by atoms with Crippen molar-refractivity contribution in [3.8, 4) is 11.5 Å². The zero-order valence-corrected chi connectivity index (χ0v) is 12.2. The van der Waals surface area contributed by atoms with Crippen LogP contribution in [0, 0.1) is 0 Å². The molecule has 2 aromatic rings. The van der Waals surface area contributed by atoms with Crippen LogP contribution in [0.15, 0.2) is 42.5 Å². The molecule has 0 atom stereocenters. The molecule has 0 saturated carbocycles. The van der Waals surface area contributed by atoms with Crippen LogP contribution in [0.5, 0.6) is 11.5 Å². The predicted molar refractivity (Wildman–Crippen MR) is 81.3 cm³/mol. The molecule has 2 aromatic carbocycles. The number of nitrogens with two attached hydrogens (primary N) is 1. The van der Waals surface area contributed by atoms with Gasteiger partial charge in [0.2, 0.25) is 0 Å². The van der Waals surface area contributed by atoms with Crippen molar-refractivity contribution in [3.05, 3.63) is 58.6 Å². The van der Waals surface area contributed by atoms with E-state index in [9.17, 15) is 0 Å². The van der Waals surface area contributed by atoms with Gasteiger partial charge in [0.25, 0.3) is 0 Å². The Hall–Kier alpha value is -1.71. The van der Waals surface area contributed by atoms with Gasteiger partial charge >= 0.3 is 0 Å². The molecule has 0 heterocycles. The minimum Gasteiger partial charge on any atom is -0.490 e. The summed E-state index contributed by atoms with van der Waals surface area (Å²) in [5.74, 6) is 1.41. The molecule has 0 aliphatic carbocycles. The predicted octanol–water partition coefficient (Wildman–Crippen LogP) is 3.78. The van der Waals surface area contributed by atoms with Gasteiger partial charge in [0, 0.05) is 17.1 Å². The van der Waals surface area contributed by atoms with Crippen molar-refractivity contribution in [2.45, 2.75) is 20.1 Å². The monoisotopic (exact) mass is 291 g/mol. The Morgan fingerprint density at radius 2 is 1.85 bits per heavy atom. The highest BCUT2D eigenvalue weighted by Gasteiger charge is 2.07. The second-order valence-corrected chi connectivity index (χ2v) is 4.71. The van der Waals surface area contributed by atoms with Crippen LogP contribution >= 0.6 is 11.6 Å². The van der Waals surface area contributed by atoms with E-state index in [1.807, 2.05) is 49.4 Å². The molecule has 2 N–H and O–H groups in total. The van der Waals surface area contributed by atoms with Gasteiger partial charge in [0.15, 0.2) is 11.5 Å². The average molecular weight is 292 g/mol. The Morgan fingerprint density at radius 1 is 1.05 bits per heavy atom. The molecule has 0 radical (unpaired) electrons. The normalized spacial score (nSPS) is 10.3. The lowest BCUT2D eigenvalue weighted by atomic mass is 10.2. The van der Waals surface area contributed by atoms with Gasteiger partial charge in [0.05, 0.1) is 6.61 Å². The van der Waals surface area contributed by atoms with Gasteiger partial charge in [-0.05, 0) is 30.7 Å². The fourth-order valence-electron chi connectivity index (χ4n) is 1.84. The summed E-state index contributed by atoms with van der Waals surface area (Å²) in [5.41, 5.74) is 7.59. The smallest absolute Gasteiger partial charge is 0.161 e. The van der Waals surface area contributed by atoms with Gasteiger partial charge < -0.3 is 15.2 Å². The van der Waals surface area contributed by atoms with Crippen LogP contribution in [0.4, 0.5) is 0 Å². The lowest BCUT2D eigenvalue weighted by Crippen LogP contribution is -2.02. The molecule has 0 spiro atoms. The van der Waals surface area contributed by atoms with Gasteiger partial charge in [-0.15, -0.1) is 0 Å². The number of ether oxygens (including phenoxy) is 2. The molecule has 0 fully saturated rings. The molecule has 2 rings (SSSR count). The molecule has 0 aliphatic heterocycles. The third-order valence-electron chi connectivity index (χ3n) is 2.88. The second kappa shape index (κ2) is 7.17. The number of benzene rings is 2. The molecule has 3 nitrogen and oxygen atoms in total. The van der Waals surface area contributed by atoms with E-state index in [0.717, 1.165) is 11.1 Å². The molecule has 4 heteroatoms. The maximum atomic E-state index is 6.11. The Bertz CT molecular complexity index is 572. The van der Waals surface area contributed by atoms with Gasteiger partial charge in [-0.1, -0.05) is 35.9 Å². The van der Waals surface area contributed by atoms with Gasteiger partial charge in [-0.3, -0.25) is 0 Å². The molecule has 0 saturated heterocycles. The highest BCUT2D eigenvalue weighted by atomic mass is 35.5. The molecular formula is C16H18ClNO2. The first-order valence-corrected chi connectivity index (χ1v) is 6.94. The molecule has 0 bridgehead atoms. The number of halogens is 1. The van der Waals surface area contributed by atoms with E-state index in [1.165, 1.54) is 0 Å². The lowest BCUT2D eigenvalue weighted by Gasteiger charge is -2.13. The summed E-state index contributed by atoms with van der Waals surface area (Å²) in [4.78, 5) is 0. The van der Waals surface area contributed by atoms with Gasteiger partial charge in [-0.25, -0.2) is 0 Å². The maximum Gasteiger partial charge on any atom is 0.161 e. The van der Waals surface area contributed by atoms with Crippen molar-refractivity contribution in [3.63, 3.8) is 0 Å². The Labute approximate surface area is 124 Å². The van der Waals surface area contributed by atoms with Crippen LogP contribution in [0.3, 0.4) is 0 Å². The number of hydrogen-bond acceptors (Lipinski definition) is 3. The maximum absolute atomic E-state index is 6.11. The van der Waals surface area contributed by atoms with Crippen molar-refractivity contribution < 1.29 is 9.47 Å². The molecule has 0 unspecified atom stereocenters. The minimum atomic E-state index is 0.404. The van der Waals surface area contributed by atoms with Gasteiger partial charge in [0.1, 0.15) is 6.61 Å². The second-order valence-electron chi connectivity index (χ2n) is 4.30. The summed E-state index contributed by atoms with van der Waals surface area (Å²) in [7, 11) is 0. The molecule has 20 heavy (non-hydrogen) atoms. The summed E-state index contributed by atoms with van der Waals surface area (Å²) >= 11 is 6.11. The van der Waals surface area contributed by atoms with Crippen molar-refractivity contribution in [2.24, 2.45) is 5.73 Å². The molecule has 0 amide bonds. The van der Waals surface area contributed by atoms with E-state index in [4.69, 9.17) is 26.8 Å². The Kier molecular flexibility index (Phi) is 5.27. The Balaban J connectivity index is 2.14. The fraction of sp³-hybridized carbons (Fsp3) is 0.250. The molecule has 106 valence electrons. The standard InChI is InChI=1S/C16H18ClNO2/c1-2-19-16-9-12(10-18)7-8-15(16)20-11-13-5-3-4-6-14(13)17/h3-9H,2,10-11,18H2,1H3. The van der Waals surface area contributed by atoms with Crippen LogP contribution in [0.25, 0.3) is 0 Å². The van der Waals surface area contributed by atoms with Crippen LogP contribution < -0.4 is 15.2 Å². The summed E-state index contributed by atoms with van der Waals surface area (Å²) in [6, 6.07) is 13.3. The quantitative estimate of drug-likeness (QED) is 0.881. The zero-order chi connectivity index (χ0) is 14.4. The highest BCUT2D eigenvalue weighted by Crippen LogP contribution is 2.29. The molecule has 0 aromatic heterocycles. The number of hydrogen-bond donors (Lipinski definition) is 1. The van der Waals surface area contributed by atoms with E-state index >= 15 is 0 Å². The summed E-state index contributed by atoms with van der Waals surface area (Å²) in [5, 5.41) is 0.698. The lowest BCUT2D eigenvalue weighted by molar-refractivity contribution is 0.269. The summed E-state index contributed by atoms with van der Waals surface area (Å²) in [6.45, 7) is 3.40. The SMILES string of the molecule is CCOc1cc(CN)ccc1OCc1ccccc1Cl. The topological polar surface area (TPSA) is 44.5 Å². The summed E-state index contributed by atoms with van der Waals surface area (Å²) < 4.78 is 11.4. The zero-order valence-electron chi connectivity index (χ0n) is 11.4. The third kappa shape index (κ3) is 3.65. The van der Waals surface area contributed by atoms with Crippen LogP contribution in [-0.4, -0.2) is 6.61 Å². The van der Waals surface area contributed by atoms with E-state index < -0.39 is 0 Å². The van der Waals surface area contributed by atoms with Crippen molar-refractivity contribution in [1.82, 2.24) is 0 Å². The average Bonchev–Trinajstić information content (AvgIpc) is 2.47. The Morgan fingerprint density at radius 3 is 2.55 bits per heavy atom. The minimum absolute atomic E-state index is 0.404. The van der Waals surface area contributed by atoms with E-state index in [1.54, 1.807) is 0 Å². The molecular weight excluding hydrogens is 274 g/mol. The first kappa shape index (κ1) is 14.7.